The fourth-order valence-electron chi connectivity index (χ4n) is 3.56. The second kappa shape index (κ2) is 25.7. The summed E-state index contributed by atoms with van der Waals surface area (Å²) in [6, 6.07) is 0. The van der Waals surface area contributed by atoms with Crippen molar-refractivity contribution < 1.29 is 14.3 Å². The molecule has 0 aliphatic rings. The number of ether oxygens (including phenoxy) is 1. The summed E-state index contributed by atoms with van der Waals surface area (Å²) in [5.74, 6) is -0.385. The number of amides is 2. The average molecular weight is 477 g/mol. The molecule has 2 amide bonds. The van der Waals surface area contributed by atoms with E-state index in [1.165, 1.54) is 69.9 Å². The van der Waals surface area contributed by atoms with Gasteiger partial charge in [-0.2, -0.15) is 0 Å². The minimum atomic E-state index is -0.315. The Labute approximate surface area is 210 Å². The van der Waals surface area contributed by atoms with Crippen LogP contribution in [0, 0.1) is 0 Å². The van der Waals surface area contributed by atoms with Crippen LogP contribution < -0.4 is 5.43 Å². The number of unbranched alkanes of at least 4 members (excludes halogenated alkanes) is 12. The molecule has 0 rings (SSSR count). The number of hydrogen-bond acceptors (Lipinski definition) is 3. The highest BCUT2D eigenvalue weighted by Crippen LogP contribution is 2.10. The predicted octanol–water partition coefficient (Wildman–Crippen LogP) is 7.79. The number of nitrogens with zero attached hydrogens (tertiary/aromatic N) is 1. The molecule has 5 nitrogen and oxygen atoms in total. The molecule has 0 heterocycles. The van der Waals surface area contributed by atoms with Gasteiger partial charge in [-0.1, -0.05) is 95.6 Å². The highest BCUT2D eigenvalue weighted by atomic mass is 16.5. The van der Waals surface area contributed by atoms with E-state index in [0.29, 0.717) is 6.42 Å². The minimum absolute atomic E-state index is 0.0602. The molecule has 0 unspecified atom stereocenters. The van der Waals surface area contributed by atoms with Crippen molar-refractivity contribution in [3.8, 4) is 0 Å². The average Bonchev–Trinajstić information content (AvgIpc) is 2.83. The van der Waals surface area contributed by atoms with Gasteiger partial charge in [-0.15, -0.1) is 0 Å². The van der Waals surface area contributed by atoms with E-state index in [4.69, 9.17) is 4.74 Å². The Balaban J connectivity index is 4.15. The summed E-state index contributed by atoms with van der Waals surface area (Å²) in [4.78, 5) is 24.5. The number of nitrogens with one attached hydrogen (secondary N) is 1. The first-order valence-electron chi connectivity index (χ1n) is 13.7. The molecule has 0 aromatic heterocycles. The van der Waals surface area contributed by atoms with E-state index in [1.807, 2.05) is 6.08 Å². The van der Waals surface area contributed by atoms with Gasteiger partial charge < -0.3 is 4.74 Å². The molecule has 0 saturated heterocycles. The second-order valence-electron chi connectivity index (χ2n) is 8.95. The van der Waals surface area contributed by atoms with Crippen molar-refractivity contribution in [2.75, 3.05) is 13.7 Å². The van der Waals surface area contributed by atoms with Crippen molar-refractivity contribution in [1.29, 1.82) is 0 Å². The van der Waals surface area contributed by atoms with Gasteiger partial charge in [-0.3, -0.25) is 15.0 Å². The number of hydrogen-bond donors (Lipinski definition) is 1. The molecule has 0 bridgehead atoms. The number of carbonyl (C=O) groups is 2. The Morgan fingerprint density at radius 2 is 1.24 bits per heavy atom. The van der Waals surface area contributed by atoms with Crippen LogP contribution in [0.4, 0.5) is 0 Å². The maximum absolute atomic E-state index is 12.6. The van der Waals surface area contributed by atoms with Gasteiger partial charge in [0, 0.05) is 19.7 Å². The third-order valence-corrected chi connectivity index (χ3v) is 5.61. The fraction of sp³-hybridized carbons (Fsp3) is 0.724. The first kappa shape index (κ1) is 32.1. The van der Waals surface area contributed by atoms with Crippen molar-refractivity contribution in [1.82, 2.24) is 10.4 Å². The van der Waals surface area contributed by atoms with Crippen LogP contribution >= 0.6 is 0 Å². The Bertz CT molecular complexity index is 570. The van der Waals surface area contributed by atoms with Gasteiger partial charge in [-0.25, -0.2) is 5.01 Å². The summed E-state index contributed by atoms with van der Waals surface area (Å²) in [5.41, 5.74) is 2.65. The van der Waals surface area contributed by atoms with Gasteiger partial charge in [0.15, 0.2) is 0 Å². The molecule has 0 aromatic carbocycles. The SMILES string of the molecule is CCCCC/C=C/C/C=C/CCCC/C=C\N(NC(=O)COC)C(=O)CCCCCCCCC. The molecule has 0 radical (unpaired) electrons. The van der Waals surface area contributed by atoms with Crippen LogP contribution in [-0.2, 0) is 14.3 Å². The van der Waals surface area contributed by atoms with Crippen molar-refractivity contribution in [2.24, 2.45) is 0 Å². The van der Waals surface area contributed by atoms with Gasteiger partial charge in [0.05, 0.1) is 0 Å². The number of allylic oxidation sites excluding steroid dienone is 5. The first-order chi connectivity index (χ1) is 16.7. The molecule has 5 heteroatoms. The van der Waals surface area contributed by atoms with Gasteiger partial charge in [0.2, 0.25) is 5.91 Å². The Morgan fingerprint density at radius 3 is 1.85 bits per heavy atom. The van der Waals surface area contributed by atoms with E-state index < -0.39 is 0 Å². The highest BCUT2D eigenvalue weighted by Gasteiger charge is 2.13. The lowest BCUT2D eigenvalue weighted by molar-refractivity contribution is -0.139. The van der Waals surface area contributed by atoms with Crippen molar-refractivity contribution in [3.63, 3.8) is 0 Å². The molecule has 0 aliphatic carbocycles. The molecule has 0 fully saturated rings. The van der Waals surface area contributed by atoms with Crippen molar-refractivity contribution in [2.45, 2.75) is 123 Å². The number of methoxy groups -OCH3 is 1. The van der Waals surface area contributed by atoms with Gasteiger partial charge in [0.1, 0.15) is 6.61 Å². The van der Waals surface area contributed by atoms with Gasteiger partial charge >= 0.3 is 0 Å². The van der Waals surface area contributed by atoms with E-state index in [-0.39, 0.29) is 18.4 Å². The third-order valence-electron chi connectivity index (χ3n) is 5.61. The first-order valence-corrected chi connectivity index (χ1v) is 13.7. The fourth-order valence-corrected chi connectivity index (χ4v) is 3.56. The zero-order chi connectivity index (χ0) is 25.1. The predicted molar refractivity (Wildman–Crippen MR) is 144 cm³/mol. The standard InChI is InChI=1S/C29H52N2O3/c1-4-6-8-10-12-13-14-15-16-17-18-20-22-24-26-31(30-28(32)27-34-3)29(33)25-23-21-19-11-9-7-5-2/h12-13,15-16,24,26H,4-11,14,17-23,25,27H2,1-3H3,(H,30,32)/b13-12+,16-15+,26-24-. The molecule has 1 N–H and O–H groups in total. The van der Waals surface area contributed by atoms with Crippen LogP contribution in [0.25, 0.3) is 0 Å². The normalized spacial score (nSPS) is 11.7. The number of hydrazine groups is 1. The maximum Gasteiger partial charge on any atom is 0.264 e. The van der Waals surface area contributed by atoms with Crippen molar-refractivity contribution >= 4 is 11.8 Å². The van der Waals surface area contributed by atoms with Crippen LogP contribution in [0.5, 0.6) is 0 Å². The van der Waals surface area contributed by atoms with E-state index in [2.05, 4.69) is 43.6 Å². The monoisotopic (exact) mass is 476 g/mol. The lowest BCUT2D eigenvalue weighted by Crippen LogP contribution is -2.44. The summed E-state index contributed by atoms with van der Waals surface area (Å²) < 4.78 is 4.87. The van der Waals surface area contributed by atoms with Crippen LogP contribution in [0.3, 0.4) is 0 Å². The lowest BCUT2D eigenvalue weighted by Gasteiger charge is -2.19. The van der Waals surface area contributed by atoms with Crippen molar-refractivity contribution in [3.05, 3.63) is 36.6 Å². The summed E-state index contributed by atoms with van der Waals surface area (Å²) in [5, 5.41) is 1.34. The molecular formula is C29H52N2O3. The molecular weight excluding hydrogens is 424 g/mol. The number of rotatable bonds is 22. The van der Waals surface area contributed by atoms with Gasteiger partial charge in [-0.05, 0) is 51.4 Å². The minimum Gasteiger partial charge on any atom is -0.375 e. The zero-order valence-electron chi connectivity index (χ0n) is 22.4. The van der Waals surface area contributed by atoms with Crippen LogP contribution in [0.15, 0.2) is 36.6 Å². The second-order valence-corrected chi connectivity index (χ2v) is 8.95. The van der Waals surface area contributed by atoms with Crippen LogP contribution in [-0.4, -0.2) is 30.5 Å². The maximum atomic E-state index is 12.6. The molecule has 0 aliphatic heterocycles. The topological polar surface area (TPSA) is 58.6 Å². The quantitative estimate of drug-likeness (QED) is 0.0985. The molecule has 0 saturated carbocycles. The lowest BCUT2D eigenvalue weighted by atomic mass is 10.1. The van der Waals surface area contributed by atoms with E-state index in [0.717, 1.165) is 44.9 Å². The largest absolute Gasteiger partial charge is 0.375 e. The molecule has 196 valence electrons. The Hall–Kier alpha value is -1.88. The third kappa shape index (κ3) is 21.9. The highest BCUT2D eigenvalue weighted by molar-refractivity contribution is 5.83. The molecule has 34 heavy (non-hydrogen) atoms. The smallest absolute Gasteiger partial charge is 0.264 e. The molecule has 0 aromatic rings. The summed E-state index contributed by atoms with van der Waals surface area (Å²) in [6.07, 6.45) is 31.5. The van der Waals surface area contributed by atoms with Gasteiger partial charge in [0.25, 0.3) is 5.91 Å². The number of carbonyl (C=O) groups excluding carboxylic acids is 2. The summed E-state index contributed by atoms with van der Waals surface area (Å²) in [6.45, 7) is 4.39. The zero-order valence-corrected chi connectivity index (χ0v) is 22.4. The molecule has 0 spiro atoms. The van der Waals surface area contributed by atoms with Crippen LogP contribution in [0.2, 0.25) is 0 Å². The Kier molecular flexibility index (Phi) is 24.3. The van der Waals surface area contributed by atoms with E-state index in [9.17, 15) is 9.59 Å². The summed E-state index contributed by atoms with van der Waals surface area (Å²) >= 11 is 0. The molecule has 0 atom stereocenters. The van der Waals surface area contributed by atoms with Crippen LogP contribution in [0.1, 0.15) is 123 Å². The Morgan fingerprint density at radius 1 is 0.706 bits per heavy atom. The summed E-state index contributed by atoms with van der Waals surface area (Å²) in [7, 11) is 1.47. The van der Waals surface area contributed by atoms with E-state index in [1.54, 1.807) is 6.20 Å². The van der Waals surface area contributed by atoms with E-state index >= 15 is 0 Å².